The zero-order valence-corrected chi connectivity index (χ0v) is 13.7. The molecule has 0 fully saturated rings. The molecule has 1 aliphatic carbocycles. The standard InChI is InChI=1S/C6H9F.C5H5N5O.CH5O4P/c1-5-3-2-4-6(5)7;6-5-9-3-2(4(11)10-5)7-1-8-3;2-1-6(3,4)5/h4-5H,2-3H2,1H3;1H,(H4,6,7,8,9,10,11);2H,1H2,(H2,3,4,5). The Kier molecular flexibility index (Phi) is 7.23. The first-order valence-electron chi connectivity index (χ1n) is 6.84. The van der Waals surface area contributed by atoms with Crippen molar-refractivity contribution in [3.05, 3.63) is 28.6 Å². The van der Waals surface area contributed by atoms with Gasteiger partial charge in [0.1, 0.15) is 6.35 Å². The van der Waals surface area contributed by atoms with Gasteiger partial charge < -0.3 is 25.6 Å². The van der Waals surface area contributed by atoms with Crippen molar-refractivity contribution in [2.75, 3.05) is 12.1 Å². The van der Waals surface area contributed by atoms with E-state index in [2.05, 4.69) is 19.9 Å². The van der Waals surface area contributed by atoms with E-state index in [0.717, 1.165) is 12.8 Å². The average molecular weight is 363 g/mol. The molecule has 1 aliphatic rings. The highest BCUT2D eigenvalue weighted by Gasteiger charge is 2.12. The van der Waals surface area contributed by atoms with Crippen LogP contribution in [0.4, 0.5) is 10.3 Å². The van der Waals surface area contributed by atoms with E-state index >= 15 is 0 Å². The number of fused-ring (bicyclic) bond motifs is 1. The maximum atomic E-state index is 12.2. The lowest BCUT2D eigenvalue weighted by atomic mass is 10.1. The molecule has 7 N–H and O–H groups in total. The fraction of sp³-hybridized carbons (Fsp3) is 0.417. The molecule has 0 saturated carbocycles. The molecule has 0 spiro atoms. The quantitative estimate of drug-likeness (QED) is 0.399. The third-order valence-corrected chi connectivity index (χ3v) is 3.28. The average Bonchev–Trinajstić information content (AvgIpc) is 3.09. The number of anilines is 1. The third-order valence-electron chi connectivity index (χ3n) is 2.91. The minimum atomic E-state index is -4.09. The number of aromatic nitrogens is 4. The van der Waals surface area contributed by atoms with Crippen molar-refractivity contribution in [2.45, 2.75) is 19.8 Å². The maximum Gasteiger partial charge on any atom is 0.350 e. The molecule has 0 aliphatic heterocycles. The first-order valence-corrected chi connectivity index (χ1v) is 8.63. The third kappa shape index (κ3) is 6.59. The number of H-pyrrole nitrogens is 2. The summed E-state index contributed by atoms with van der Waals surface area (Å²) in [4.78, 5) is 38.9. The summed E-state index contributed by atoms with van der Waals surface area (Å²) in [6.07, 6.45) is 3.95. The fourth-order valence-electron chi connectivity index (χ4n) is 1.67. The number of aliphatic hydroxyl groups excluding tert-OH is 1. The molecule has 1 atom stereocenters. The maximum absolute atomic E-state index is 12.2. The molecule has 2 heterocycles. The molecule has 2 aromatic rings. The van der Waals surface area contributed by atoms with Crippen LogP contribution in [0, 0.1) is 5.92 Å². The number of nitrogen functional groups attached to an aromatic ring is 1. The number of halogens is 1. The van der Waals surface area contributed by atoms with Crippen LogP contribution in [0.1, 0.15) is 19.8 Å². The van der Waals surface area contributed by atoms with E-state index in [-0.39, 0.29) is 23.3 Å². The second-order valence-electron chi connectivity index (χ2n) is 4.93. The number of hydrogen-bond acceptors (Lipinski definition) is 6. The number of aromatic amines is 2. The first kappa shape index (κ1) is 20.0. The Morgan fingerprint density at radius 2 is 2.12 bits per heavy atom. The molecule has 2 aromatic heterocycles. The van der Waals surface area contributed by atoms with Gasteiger partial charge in [0.05, 0.1) is 12.2 Å². The summed E-state index contributed by atoms with van der Waals surface area (Å²) in [5.74, 6) is 0.370. The summed E-state index contributed by atoms with van der Waals surface area (Å²) in [6, 6.07) is 0. The number of allylic oxidation sites excluding steroid dienone is 2. The molecule has 0 aromatic carbocycles. The van der Waals surface area contributed by atoms with E-state index in [1.165, 1.54) is 6.33 Å². The lowest BCUT2D eigenvalue weighted by molar-refractivity contribution is 0.287. The van der Waals surface area contributed by atoms with E-state index in [1.807, 2.05) is 6.92 Å². The summed E-state index contributed by atoms with van der Waals surface area (Å²) in [7, 11) is -4.09. The highest BCUT2D eigenvalue weighted by Crippen LogP contribution is 2.31. The predicted molar refractivity (Wildman–Crippen MR) is 85.6 cm³/mol. The minimum Gasteiger partial charge on any atom is -0.384 e. The topological polar surface area (TPSA) is 178 Å². The summed E-state index contributed by atoms with van der Waals surface area (Å²) in [5.41, 5.74) is 5.65. The monoisotopic (exact) mass is 363 g/mol. The van der Waals surface area contributed by atoms with E-state index in [4.69, 9.17) is 20.6 Å². The molecule has 3 rings (SSSR count). The zero-order valence-electron chi connectivity index (χ0n) is 12.8. The van der Waals surface area contributed by atoms with Crippen LogP contribution < -0.4 is 11.3 Å². The molecular weight excluding hydrogens is 344 g/mol. The molecule has 10 nitrogen and oxygen atoms in total. The van der Waals surface area contributed by atoms with Crippen LogP contribution in [0.5, 0.6) is 0 Å². The number of nitrogens with one attached hydrogen (secondary N) is 2. The van der Waals surface area contributed by atoms with Gasteiger partial charge in [0.25, 0.3) is 5.56 Å². The number of hydrogen-bond donors (Lipinski definition) is 6. The van der Waals surface area contributed by atoms with Crippen molar-refractivity contribution >= 4 is 24.7 Å². The Labute approximate surface area is 135 Å². The highest BCUT2D eigenvalue weighted by molar-refractivity contribution is 7.51. The molecule has 0 saturated heterocycles. The molecule has 0 radical (unpaired) electrons. The van der Waals surface area contributed by atoms with Gasteiger partial charge >= 0.3 is 7.60 Å². The van der Waals surface area contributed by atoms with Crippen LogP contribution in [0.15, 0.2) is 23.0 Å². The number of nitrogens with zero attached hydrogens (tertiary/aromatic N) is 2. The van der Waals surface area contributed by atoms with E-state index in [1.54, 1.807) is 6.08 Å². The van der Waals surface area contributed by atoms with Crippen LogP contribution in [0.3, 0.4) is 0 Å². The fourth-order valence-corrected chi connectivity index (χ4v) is 1.67. The molecule has 134 valence electrons. The Morgan fingerprint density at radius 3 is 2.54 bits per heavy atom. The van der Waals surface area contributed by atoms with Crippen LogP contribution in [0.2, 0.25) is 0 Å². The minimum absolute atomic E-state index is 0.0783. The van der Waals surface area contributed by atoms with Crippen molar-refractivity contribution in [1.29, 1.82) is 0 Å². The zero-order chi connectivity index (χ0) is 18.3. The van der Waals surface area contributed by atoms with Gasteiger partial charge in [-0.05, 0) is 12.8 Å². The van der Waals surface area contributed by atoms with Crippen LogP contribution in [0.25, 0.3) is 11.2 Å². The Bertz CT molecular complexity index is 798. The van der Waals surface area contributed by atoms with Crippen molar-refractivity contribution < 1.29 is 23.8 Å². The number of imidazole rings is 1. The van der Waals surface area contributed by atoms with Crippen LogP contribution >= 0.6 is 7.60 Å². The highest BCUT2D eigenvalue weighted by atomic mass is 31.2. The van der Waals surface area contributed by atoms with E-state index in [9.17, 15) is 13.8 Å². The second-order valence-corrected chi connectivity index (χ2v) is 6.54. The summed E-state index contributed by atoms with van der Waals surface area (Å²) in [6.45, 7) is 1.92. The van der Waals surface area contributed by atoms with Gasteiger partial charge in [-0.15, -0.1) is 0 Å². The Hall–Kier alpha value is -2.07. The van der Waals surface area contributed by atoms with E-state index in [0.29, 0.717) is 11.2 Å². The smallest absolute Gasteiger partial charge is 0.350 e. The molecule has 24 heavy (non-hydrogen) atoms. The lowest BCUT2D eigenvalue weighted by Crippen LogP contribution is -2.10. The molecule has 0 amide bonds. The van der Waals surface area contributed by atoms with Gasteiger partial charge in [-0.25, -0.2) is 9.37 Å². The molecular formula is C12H19FN5O5P. The summed E-state index contributed by atoms with van der Waals surface area (Å²) in [5, 5.41) is 7.64. The largest absolute Gasteiger partial charge is 0.384 e. The van der Waals surface area contributed by atoms with Crippen LogP contribution in [-0.4, -0.2) is 41.2 Å². The van der Waals surface area contributed by atoms with Gasteiger partial charge in [0.2, 0.25) is 5.95 Å². The van der Waals surface area contributed by atoms with Gasteiger partial charge in [-0.1, -0.05) is 13.0 Å². The van der Waals surface area contributed by atoms with E-state index < -0.39 is 13.9 Å². The Balaban J connectivity index is 0.000000194. The van der Waals surface area contributed by atoms with Crippen molar-refractivity contribution in [2.24, 2.45) is 5.92 Å². The van der Waals surface area contributed by atoms with Crippen LogP contribution in [-0.2, 0) is 4.57 Å². The SMILES string of the molecule is CC1CCC=C1F.Nc1nc2nc[nH]c2c(=O)[nH]1.O=P(O)(O)CO. The second kappa shape index (κ2) is 8.69. The van der Waals surface area contributed by atoms with Crippen molar-refractivity contribution in [1.82, 2.24) is 19.9 Å². The summed E-state index contributed by atoms with van der Waals surface area (Å²) < 4.78 is 21.6. The van der Waals surface area contributed by atoms with Gasteiger partial charge in [0.15, 0.2) is 11.2 Å². The normalized spacial score (nSPS) is 16.7. The molecule has 1 unspecified atom stereocenters. The van der Waals surface area contributed by atoms with Gasteiger partial charge in [-0.2, -0.15) is 4.98 Å². The Morgan fingerprint density at radius 1 is 1.50 bits per heavy atom. The van der Waals surface area contributed by atoms with Crippen molar-refractivity contribution in [3.63, 3.8) is 0 Å². The predicted octanol–water partition coefficient (Wildman–Crippen LogP) is 0.612. The summed E-state index contributed by atoms with van der Waals surface area (Å²) >= 11 is 0. The number of rotatable bonds is 1. The van der Waals surface area contributed by atoms with Gasteiger partial charge in [-0.3, -0.25) is 14.3 Å². The molecule has 0 bridgehead atoms. The van der Waals surface area contributed by atoms with Crippen molar-refractivity contribution in [3.8, 4) is 0 Å². The lowest BCUT2D eigenvalue weighted by Gasteiger charge is -1.94. The number of aliphatic hydroxyl groups is 1. The van der Waals surface area contributed by atoms with Gasteiger partial charge in [0, 0.05) is 5.92 Å². The molecule has 12 heteroatoms. The number of nitrogens with two attached hydrogens (primary N) is 1. The first-order chi connectivity index (χ1) is 11.1.